The Bertz CT molecular complexity index is 377. The Morgan fingerprint density at radius 3 is 2.62 bits per heavy atom. The molecule has 0 aliphatic heterocycles. The smallest absolute Gasteiger partial charge is 0.0617 e. The second-order valence-electron chi connectivity index (χ2n) is 4.25. The first-order valence-electron chi connectivity index (χ1n) is 5.40. The molecule has 90 valence electrons. The van der Waals surface area contributed by atoms with Gasteiger partial charge in [0.15, 0.2) is 0 Å². The van der Waals surface area contributed by atoms with Crippen molar-refractivity contribution < 1.29 is 4.21 Å². The SMILES string of the molecule is Cc1ccc(S(=O)CCCN(C)C)c(N)c1. The molecule has 1 aromatic rings. The van der Waals surface area contributed by atoms with Gasteiger partial charge in [0, 0.05) is 11.4 Å². The van der Waals surface area contributed by atoms with Crippen LogP contribution in [-0.2, 0) is 10.8 Å². The lowest BCUT2D eigenvalue weighted by Crippen LogP contribution is -2.15. The van der Waals surface area contributed by atoms with Crippen LogP contribution in [-0.4, -0.2) is 35.5 Å². The van der Waals surface area contributed by atoms with Crippen molar-refractivity contribution in [2.24, 2.45) is 0 Å². The fraction of sp³-hybridized carbons (Fsp3) is 0.500. The predicted octanol–water partition coefficient (Wildman–Crippen LogP) is 1.64. The van der Waals surface area contributed by atoms with Gasteiger partial charge in [0.1, 0.15) is 0 Å². The average Bonchev–Trinajstić information content (AvgIpc) is 2.16. The first-order chi connectivity index (χ1) is 7.50. The molecule has 3 nitrogen and oxygen atoms in total. The lowest BCUT2D eigenvalue weighted by Gasteiger charge is -2.10. The topological polar surface area (TPSA) is 46.3 Å². The standard InChI is InChI=1S/C12H20N2OS/c1-10-5-6-12(11(13)9-10)16(15)8-4-7-14(2)3/h5-6,9H,4,7-8,13H2,1-3H3. The molecule has 0 amide bonds. The van der Waals surface area contributed by atoms with E-state index in [4.69, 9.17) is 5.73 Å². The molecular formula is C12H20N2OS. The zero-order valence-electron chi connectivity index (χ0n) is 10.2. The van der Waals surface area contributed by atoms with Crippen molar-refractivity contribution >= 4 is 16.5 Å². The highest BCUT2D eigenvalue weighted by atomic mass is 32.2. The minimum atomic E-state index is -0.971. The molecule has 0 aliphatic carbocycles. The van der Waals surface area contributed by atoms with Gasteiger partial charge in [-0.2, -0.15) is 0 Å². The van der Waals surface area contributed by atoms with E-state index in [9.17, 15) is 4.21 Å². The zero-order chi connectivity index (χ0) is 12.1. The summed E-state index contributed by atoms with van der Waals surface area (Å²) in [7, 11) is 3.06. The van der Waals surface area contributed by atoms with Gasteiger partial charge in [-0.3, -0.25) is 4.21 Å². The number of aryl methyl sites for hydroxylation is 1. The number of nitrogens with two attached hydrogens (primary N) is 1. The van der Waals surface area contributed by atoms with Crippen LogP contribution in [0.3, 0.4) is 0 Å². The monoisotopic (exact) mass is 240 g/mol. The number of hydrogen-bond donors (Lipinski definition) is 1. The van der Waals surface area contributed by atoms with Gasteiger partial charge in [-0.25, -0.2) is 0 Å². The molecule has 0 radical (unpaired) electrons. The minimum absolute atomic E-state index is 0.642. The van der Waals surface area contributed by atoms with Gasteiger partial charge in [-0.15, -0.1) is 0 Å². The number of nitrogens with zero attached hydrogens (tertiary/aromatic N) is 1. The summed E-state index contributed by atoms with van der Waals surface area (Å²) in [5.74, 6) is 0.672. The Morgan fingerprint density at radius 1 is 1.38 bits per heavy atom. The maximum Gasteiger partial charge on any atom is 0.0617 e. The molecule has 0 aliphatic rings. The number of benzene rings is 1. The van der Waals surface area contributed by atoms with E-state index < -0.39 is 10.8 Å². The zero-order valence-corrected chi connectivity index (χ0v) is 11.0. The van der Waals surface area contributed by atoms with Gasteiger partial charge in [-0.1, -0.05) is 6.07 Å². The van der Waals surface area contributed by atoms with Crippen LogP contribution in [0.5, 0.6) is 0 Å². The summed E-state index contributed by atoms with van der Waals surface area (Å²) in [6.07, 6.45) is 0.924. The average molecular weight is 240 g/mol. The van der Waals surface area contributed by atoms with E-state index in [0.717, 1.165) is 23.4 Å². The maximum atomic E-state index is 12.0. The highest BCUT2D eigenvalue weighted by Crippen LogP contribution is 2.18. The molecule has 0 aromatic heterocycles. The molecule has 0 bridgehead atoms. The highest BCUT2D eigenvalue weighted by Gasteiger charge is 2.07. The van der Waals surface area contributed by atoms with E-state index in [2.05, 4.69) is 4.90 Å². The molecule has 0 heterocycles. The number of nitrogen functional groups attached to an aromatic ring is 1. The molecule has 16 heavy (non-hydrogen) atoms. The van der Waals surface area contributed by atoms with Crippen molar-refractivity contribution in [1.29, 1.82) is 0 Å². The third-order valence-corrected chi connectivity index (χ3v) is 3.87. The number of rotatable bonds is 5. The van der Waals surface area contributed by atoms with Crippen LogP contribution in [0.15, 0.2) is 23.1 Å². The second-order valence-corrected chi connectivity index (χ2v) is 5.79. The molecule has 0 saturated carbocycles. The predicted molar refractivity (Wildman–Crippen MR) is 70.0 cm³/mol. The van der Waals surface area contributed by atoms with Gasteiger partial charge >= 0.3 is 0 Å². The molecule has 1 rings (SSSR count). The Hall–Kier alpha value is -0.870. The van der Waals surface area contributed by atoms with Gasteiger partial charge in [-0.05, 0) is 51.7 Å². The van der Waals surface area contributed by atoms with Gasteiger partial charge in [0.2, 0.25) is 0 Å². The molecular weight excluding hydrogens is 220 g/mol. The van der Waals surface area contributed by atoms with E-state index in [1.165, 1.54) is 0 Å². The fourth-order valence-electron chi connectivity index (χ4n) is 1.50. The molecule has 0 saturated heterocycles. The Kier molecular flexibility index (Phi) is 4.96. The van der Waals surface area contributed by atoms with E-state index in [0.29, 0.717) is 11.4 Å². The summed E-state index contributed by atoms with van der Waals surface area (Å²) in [6, 6.07) is 5.70. The third kappa shape index (κ3) is 3.94. The molecule has 0 spiro atoms. The first-order valence-corrected chi connectivity index (χ1v) is 6.72. The lowest BCUT2D eigenvalue weighted by atomic mass is 10.2. The van der Waals surface area contributed by atoms with Crippen molar-refractivity contribution in [2.45, 2.75) is 18.2 Å². The van der Waals surface area contributed by atoms with E-state index in [1.807, 2.05) is 39.2 Å². The maximum absolute atomic E-state index is 12.0. The first kappa shape index (κ1) is 13.2. The van der Waals surface area contributed by atoms with Crippen LogP contribution >= 0.6 is 0 Å². The summed E-state index contributed by atoms with van der Waals surface area (Å²) < 4.78 is 12.0. The van der Waals surface area contributed by atoms with Crippen molar-refractivity contribution in [3.8, 4) is 0 Å². The summed E-state index contributed by atoms with van der Waals surface area (Å²) >= 11 is 0. The highest BCUT2D eigenvalue weighted by molar-refractivity contribution is 7.85. The Morgan fingerprint density at radius 2 is 2.06 bits per heavy atom. The van der Waals surface area contributed by atoms with Crippen molar-refractivity contribution in [3.05, 3.63) is 23.8 Å². The third-order valence-electron chi connectivity index (χ3n) is 2.35. The Balaban J connectivity index is 2.59. The molecule has 0 fully saturated rings. The number of anilines is 1. The molecule has 2 N–H and O–H groups in total. The van der Waals surface area contributed by atoms with Crippen LogP contribution in [0.2, 0.25) is 0 Å². The van der Waals surface area contributed by atoms with E-state index in [1.54, 1.807) is 0 Å². The van der Waals surface area contributed by atoms with E-state index in [-0.39, 0.29) is 0 Å². The summed E-state index contributed by atoms with van der Waals surface area (Å²) in [5, 5.41) is 0. The van der Waals surface area contributed by atoms with Crippen molar-refractivity contribution in [3.63, 3.8) is 0 Å². The minimum Gasteiger partial charge on any atom is -0.398 e. The van der Waals surface area contributed by atoms with E-state index >= 15 is 0 Å². The van der Waals surface area contributed by atoms with Crippen molar-refractivity contribution in [2.75, 3.05) is 32.1 Å². The molecule has 4 heteroatoms. The lowest BCUT2D eigenvalue weighted by molar-refractivity contribution is 0.409. The quantitative estimate of drug-likeness (QED) is 0.796. The fourth-order valence-corrected chi connectivity index (χ4v) is 2.65. The molecule has 1 aromatic carbocycles. The molecule has 1 unspecified atom stereocenters. The van der Waals surface area contributed by atoms with Crippen LogP contribution in [0, 0.1) is 6.92 Å². The van der Waals surface area contributed by atoms with Crippen LogP contribution in [0.25, 0.3) is 0 Å². The van der Waals surface area contributed by atoms with Gasteiger partial charge in [0.25, 0.3) is 0 Å². The van der Waals surface area contributed by atoms with Gasteiger partial charge in [0.05, 0.1) is 15.7 Å². The number of hydrogen-bond acceptors (Lipinski definition) is 3. The van der Waals surface area contributed by atoms with Crippen LogP contribution < -0.4 is 5.73 Å². The summed E-state index contributed by atoms with van der Waals surface area (Å²) in [6.45, 7) is 2.94. The summed E-state index contributed by atoms with van der Waals surface area (Å²) in [4.78, 5) is 2.86. The summed E-state index contributed by atoms with van der Waals surface area (Å²) in [5.41, 5.74) is 7.60. The van der Waals surface area contributed by atoms with Gasteiger partial charge < -0.3 is 10.6 Å². The van der Waals surface area contributed by atoms with Crippen molar-refractivity contribution in [1.82, 2.24) is 4.90 Å². The molecule has 1 atom stereocenters. The van der Waals surface area contributed by atoms with Crippen LogP contribution in [0.4, 0.5) is 5.69 Å². The second kappa shape index (κ2) is 6.01. The normalized spacial score (nSPS) is 13.0. The Labute approximate surface area is 100 Å². The van der Waals surface area contributed by atoms with Crippen LogP contribution in [0.1, 0.15) is 12.0 Å². The largest absolute Gasteiger partial charge is 0.398 e.